The standard InChI is InChI=1S/C10H11ClO6S/c1-16-8-4-9(17-2)7(10(12)13)3-6(8)5-18(11,14)15/h3-4H,5H2,1-2H3,(H,12,13). The summed E-state index contributed by atoms with van der Waals surface area (Å²) >= 11 is 0. The van der Waals surface area contributed by atoms with E-state index in [0.29, 0.717) is 0 Å². The van der Waals surface area contributed by atoms with E-state index >= 15 is 0 Å². The maximum Gasteiger partial charge on any atom is 0.339 e. The first-order chi connectivity index (χ1) is 8.28. The van der Waals surface area contributed by atoms with Crippen LogP contribution in [-0.2, 0) is 14.8 Å². The third-order valence-corrected chi connectivity index (χ3v) is 3.14. The normalized spacial score (nSPS) is 11.1. The Morgan fingerprint density at radius 3 is 2.22 bits per heavy atom. The summed E-state index contributed by atoms with van der Waals surface area (Å²) in [5.41, 5.74) is -0.000633. The first kappa shape index (κ1) is 14.6. The fraction of sp³-hybridized carbons (Fsp3) is 0.300. The van der Waals surface area contributed by atoms with Gasteiger partial charge < -0.3 is 14.6 Å². The molecular weight excluding hydrogens is 284 g/mol. The molecule has 8 heteroatoms. The predicted octanol–water partition coefficient (Wildman–Crippen LogP) is 1.47. The second kappa shape index (κ2) is 5.45. The van der Waals surface area contributed by atoms with Crippen LogP contribution in [0, 0.1) is 0 Å². The Balaban J connectivity index is 3.41. The molecule has 0 aliphatic heterocycles. The molecule has 0 unspecified atom stereocenters. The summed E-state index contributed by atoms with van der Waals surface area (Å²) in [4.78, 5) is 11.0. The SMILES string of the molecule is COc1cc(OC)c(C(=O)O)cc1CS(=O)(=O)Cl. The minimum atomic E-state index is -3.81. The lowest BCUT2D eigenvalue weighted by molar-refractivity contribution is 0.0693. The lowest BCUT2D eigenvalue weighted by Gasteiger charge is -2.11. The molecule has 18 heavy (non-hydrogen) atoms. The number of halogens is 1. The Morgan fingerprint density at radius 2 is 1.83 bits per heavy atom. The Kier molecular flexibility index (Phi) is 4.42. The van der Waals surface area contributed by atoms with Gasteiger partial charge in [-0.15, -0.1) is 0 Å². The third kappa shape index (κ3) is 3.51. The number of methoxy groups -OCH3 is 2. The van der Waals surface area contributed by atoms with Gasteiger partial charge in [0.05, 0.1) is 20.0 Å². The summed E-state index contributed by atoms with van der Waals surface area (Å²) in [6.45, 7) is 0. The first-order valence-corrected chi connectivity index (χ1v) is 7.17. The van der Waals surface area contributed by atoms with Crippen LogP contribution in [0.4, 0.5) is 0 Å². The van der Waals surface area contributed by atoms with Crippen molar-refractivity contribution < 1.29 is 27.8 Å². The molecule has 6 nitrogen and oxygen atoms in total. The highest BCUT2D eigenvalue weighted by atomic mass is 35.7. The highest BCUT2D eigenvalue weighted by Crippen LogP contribution is 2.30. The van der Waals surface area contributed by atoms with Gasteiger partial charge in [-0.3, -0.25) is 0 Å². The molecule has 0 atom stereocenters. The van der Waals surface area contributed by atoms with Crippen LogP contribution in [0.2, 0.25) is 0 Å². The zero-order chi connectivity index (χ0) is 13.9. The molecule has 0 aromatic heterocycles. The molecule has 1 N–H and O–H groups in total. The zero-order valence-corrected chi connectivity index (χ0v) is 11.2. The monoisotopic (exact) mass is 294 g/mol. The van der Waals surface area contributed by atoms with Crippen molar-refractivity contribution >= 4 is 25.7 Å². The van der Waals surface area contributed by atoms with E-state index < -0.39 is 20.8 Å². The van der Waals surface area contributed by atoms with Crippen molar-refractivity contribution in [1.29, 1.82) is 0 Å². The third-order valence-electron chi connectivity index (χ3n) is 2.16. The predicted molar refractivity (Wildman–Crippen MR) is 65.0 cm³/mol. The number of carboxylic acids is 1. The molecule has 0 saturated carbocycles. The lowest BCUT2D eigenvalue weighted by atomic mass is 10.1. The number of carboxylic acid groups (broad SMARTS) is 1. The van der Waals surface area contributed by atoms with Crippen LogP contribution in [0.15, 0.2) is 12.1 Å². The van der Waals surface area contributed by atoms with Gasteiger partial charge >= 0.3 is 5.97 Å². The van der Waals surface area contributed by atoms with Crippen molar-refractivity contribution in [1.82, 2.24) is 0 Å². The lowest BCUT2D eigenvalue weighted by Crippen LogP contribution is -2.05. The van der Waals surface area contributed by atoms with Crippen molar-refractivity contribution in [2.24, 2.45) is 0 Å². The summed E-state index contributed by atoms with van der Waals surface area (Å²) in [6.07, 6.45) is 0. The smallest absolute Gasteiger partial charge is 0.339 e. The molecule has 0 amide bonds. The molecule has 1 rings (SSSR count). The zero-order valence-electron chi connectivity index (χ0n) is 9.64. The van der Waals surface area contributed by atoms with E-state index in [9.17, 15) is 13.2 Å². The molecule has 0 radical (unpaired) electrons. The quantitative estimate of drug-likeness (QED) is 0.827. The van der Waals surface area contributed by atoms with Crippen LogP contribution in [0.25, 0.3) is 0 Å². The molecule has 0 fully saturated rings. The van der Waals surface area contributed by atoms with Gasteiger partial charge in [-0.1, -0.05) is 0 Å². The number of carbonyl (C=O) groups is 1. The van der Waals surface area contributed by atoms with E-state index in [4.69, 9.17) is 25.3 Å². The number of rotatable bonds is 5. The minimum Gasteiger partial charge on any atom is -0.496 e. The summed E-state index contributed by atoms with van der Waals surface area (Å²) in [5, 5.41) is 8.98. The Bertz CT molecular complexity index is 566. The average Bonchev–Trinajstić information content (AvgIpc) is 2.26. The van der Waals surface area contributed by atoms with E-state index in [1.54, 1.807) is 0 Å². The van der Waals surface area contributed by atoms with Gasteiger partial charge in [0.2, 0.25) is 9.05 Å². The summed E-state index contributed by atoms with van der Waals surface area (Å²) in [6, 6.07) is 2.47. The van der Waals surface area contributed by atoms with Crippen LogP contribution in [0.3, 0.4) is 0 Å². The van der Waals surface area contributed by atoms with E-state index in [-0.39, 0.29) is 22.6 Å². The highest BCUT2D eigenvalue weighted by Gasteiger charge is 2.19. The molecule has 0 bridgehead atoms. The van der Waals surface area contributed by atoms with Crippen molar-refractivity contribution in [3.8, 4) is 11.5 Å². The van der Waals surface area contributed by atoms with Crippen molar-refractivity contribution in [2.75, 3.05) is 14.2 Å². The van der Waals surface area contributed by atoms with Gasteiger partial charge in [-0.05, 0) is 6.07 Å². The summed E-state index contributed by atoms with van der Waals surface area (Å²) in [5.74, 6) is -1.49. The van der Waals surface area contributed by atoms with Gasteiger partial charge in [0, 0.05) is 22.3 Å². The molecule has 0 saturated heterocycles. The molecular formula is C10H11ClO6S. The largest absolute Gasteiger partial charge is 0.496 e. The van der Waals surface area contributed by atoms with E-state index in [0.717, 1.165) is 0 Å². The molecule has 0 heterocycles. The maximum absolute atomic E-state index is 11.0. The number of hydrogen-bond acceptors (Lipinski definition) is 5. The van der Waals surface area contributed by atoms with Gasteiger partial charge in [0.25, 0.3) is 0 Å². The highest BCUT2D eigenvalue weighted by molar-refractivity contribution is 8.13. The van der Waals surface area contributed by atoms with E-state index in [2.05, 4.69) is 0 Å². The minimum absolute atomic E-state index is 0.0788. The second-order valence-corrected chi connectivity index (χ2v) is 6.13. The Hall–Kier alpha value is -1.47. The second-order valence-electron chi connectivity index (χ2n) is 3.35. The van der Waals surface area contributed by atoms with Crippen LogP contribution in [0.1, 0.15) is 15.9 Å². The Labute approximate surface area is 109 Å². The van der Waals surface area contributed by atoms with Gasteiger partial charge in [-0.25, -0.2) is 13.2 Å². The Morgan fingerprint density at radius 1 is 1.28 bits per heavy atom. The molecule has 100 valence electrons. The van der Waals surface area contributed by atoms with Crippen LogP contribution >= 0.6 is 10.7 Å². The number of aromatic carboxylic acids is 1. The first-order valence-electron chi connectivity index (χ1n) is 4.69. The van der Waals surface area contributed by atoms with E-state index in [1.807, 2.05) is 0 Å². The van der Waals surface area contributed by atoms with Crippen molar-refractivity contribution in [2.45, 2.75) is 5.75 Å². The molecule has 0 spiro atoms. The maximum atomic E-state index is 11.0. The van der Waals surface area contributed by atoms with Crippen molar-refractivity contribution in [3.63, 3.8) is 0 Å². The van der Waals surface area contributed by atoms with Crippen LogP contribution in [-0.4, -0.2) is 33.7 Å². The summed E-state index contributed by atoms with van der Waals surface area (Å²) in [7, 11) is 3.96. The number of benzene rings is 1. The average molecular weight is 295 g/mol. The van der Waals surface area contributed by atoms with Gasteiger partial charge in [0.15, 0.2) is 0 Å². The fourth-order valence-electron chi connectivity index (χ4n) is 1.43. The van der Waals surface area contributed by atoms with Gasteiger partial charge in [-0.2, -0.15) is 0 Å². The molecule has 1 aromatic rings. The topological polar surface area (TPSA) is 89.9 Å². The summed E-state index contributed by atoms with van der Waals surface area (Å²) < 4.78 is 31.9. The van der Waals surface area contributed by atoms with E-state index in [1.165, 1.54) is 26.4 Å². The van der Waals surface area contributed by atoms with Crippen LogP contribution in [0.5, 0.6) is 11.5 Å². The fourth-order valence-corrected chi connectivity index (χ4v) is 2.38. The molecule has 0 aliphatic carbocycles. The van der Waals surface area contributed by atoms with Crippen LogP contribution < -0.4 is 9.47 Å². The molecule has 0 aliphatic rings. The van der Waals surface area contributed by atoms with Gasteiger partial charge in [0.1, 0.15) is 17.1 Å². The molecule has 1 aromatic carbocycles. The number of ether oxygens (including phenoxy) is 2. The van der Waals surface area contributed by atoms with Crippen molar-refractivity contribution in [3.05, 3.63) is 23.3 Å². The number of hydrogen-bond donors (Lipinski definition) is 1.